The second-order valence-electron chi connectivity index (χ2n) is 5.18. The molecule has 0 bridgehead atoms. The molecule has 1 aromatic carbocycles. The van der Waals surface area contributed by atoms with Gasteiger partial charge in [-0.25, -0.2) is 4.39 Å². The lowest BCUT2D eigenvalue weighted by molar-refractivity contribution is -0.122. The number of nitrogens with two attached hydrogens (primary N) is 2. The Hall–Kier alpha value is -1.69. The second-order valence-corrected chi connectivity index (χ2v) is 5.62. The molecule has 0 aliphatic carbocycles. The van der Waals surface area contributed by atoms with Gasteiger partial charge in [0.2, 0.25) is 5.91 Å². The number of nitrogens with zero attached hydrogens (tertiary/aromatic N) is 1. The first kappa shape index (κ1) is 14.7. The molecule has 2 atom stereocenters. The van der Waals surface area contributed by atoms with Crippen molar-refractivity contribution in [2.24, 2.45) is 17.4 Å². The number of thiocarbonyl (C=S) groups is 1. The van der Waals surface area contributed by atoms with Gasteiger partial charge >= 0.3 is 0 Å². The molecular formula is C14H18FN3OS. The lowest BCUT2D eigenvalue weighted by atomic mass is 9.91. The van der Waals surface area contributed by atoms with E-state index in [0.29, 0.717) is 12.2 Å². The summed E-state index contributed by atoms with van der Waals surface area (Å²) in [6.07, 6.45) is 1.58. The largest absolute Gasteiger partial charge is 0.389 e. The molecule has 4 N–H and O–H groups in total. The summed E-state index contributed by atoms with van der Waals surface area (Å²) in [5.41, 5.74) is 11.9. The molecule has 4 nitrogen and oxygen atoms in total. The molecule has 1 aliphatic heterocycles. The minimum atomic E-state index is -0.441. The van der Waals surface area contributed by atoms with Crippen LogP contribution in [0.25, 0.3) is 0 Å². The van der Waals surface area contributed by atoms with Gasteiger partial charge < -0.3 is 16.4 Å². The Morgan fingerprint density at radius 1 is 1.40 bits per heavy atom. The van der Waals surface area contributed by atoms with E-state index in [9.17, 15) is 9.18 Å². The number of amides is 1. The van der Waals surface area contributed by atoms with Crippen molar-refractivity contribution < 1.29 is 9.18 Å². The molecule has 1 aliphatic rings. The SMILES string of the molecule is CC1CCC(C(N)=O)CN1c1cccc(F)c1C(N)=S. The maximum Gasteiger partial charge on any atom is 0.222 e. The zero-order valence-corrected chi connectivity index (χ0v) is 12.1. The average Bonchev–Trinajstić information content (AvgIpc) is 2.38. The average molecular weight is 295 g/mol. The maximum atomic E-state index is 14.0. The summed E-state index contributed by atoms with van der Waals surface area (Å²) in [4.78, 5) is 13.4. The number of rotatable bonds is 3. The zero-order chi connectivity index (χ0) is 14.9. The number of benzene rings is 1. The fourth-order valence-corrected chi connectivity index (χ4v) is 2.87. The summed E-state index contributed by atoms with van der Waals surface area (Å²) in [7, 11) is 0. The van der Waals surface area contributed by atoms with Gasteiger partial charge in [0.15, 0.2) is 0 Å². The Kier molecular flexibility index (Phi) is 4.23. The molecule has 2 rings (SSSR count). The fourth-order valence-electron chi connectivity index (χ4n) is 2.67. The minimum Gasteiger partial charge on any atom is -0.389 e. The lowest BCUT2D eigenvalue weighted by Crippen LogP contribution is -2.46. The number of anilines is 1. The third-order valence-electron chi connectivity index (χ3n) is 3.83. The molecule has 6 heteroatoms. The number of primary amides is 1. The molecule has 0 aromatic heterocycles. The highest BCUT2D eigenvalue weighted by atomic mass is 32.1. The third-order valence-corrected chi connectivity index (χ3v) is 4.04. The predicted molar refractivity (Wildman–Crippen MR) is 81.0 cm³/mol. The molecule has 0 spiro atoms. The molecule has 1 aromatic rings. The van der Waals surface area contributed by atoms with Gasteiger partial charge in [-0.15, -0.1) is 0 Å². The molecule has 2 unspecified atom stereocenters. The quantitative estimate of drug-likeness (QED) is 0.830. The van der Waals surface area contributed by atoms with Gasteiger partial charge in [0.25, 0.3) is 0 Å². The Balaban J connectivity index is 2.41. The molecule has 1 heterocycles. The second kappa shape index (κ2) is 5.75. The Morgan fingerprint density at radius 3 is 2.70 bits per heavy atom. The van der Waals surface area contributed by atoms with Crippen LogP contribution < -0.4 is 16.4 Å². The number of carbonyl (C=O) groups excluding carboxylic acids is 1. The van der Waals surface area contributed by atoms with Crippen LogP contribution in [0.5, 0.6) is 0 Å². The van der Waals surface area contributed by atoms with Crippen LogP contribution in [0.15, 0.2) is 18.2 Å². The Labute approximate surface area is 122 Å². The first-order valence-electron chi connectivity index (χ1n) is 6.56. The van der Waals surface area contributed by atoms with Crippen LogP contribution in [0.2, 0.25) is 0 Å². The molecule has 20 heavy (non-hydrogen) atoms. The van der Waals surface area contributed by atoms with E-state index < -0.39 is 5.82 Å². The number of piperidine rings is 1. The summed E-state index contributed by atoms with van der Waals surface area (Å²) < 4.78 is 14.0. The highest BCUT2D eigenvalue weighted by molar-refractivity contribution is 7.80. The van der Waals surface area contributed by atoms with E-state index in [1.807, 2.05) is 11.8 Å². The van der Waals surface area contributed by atoms with Crippen molar-refractivity contribution in [2.75, 3.05) is 11.4 Å². The molecule has 1 fully saturated rings. The van der Waals surface area contributed by atoms with Crippen LogP contribution in [0.4, 0.5) is 10.1 Å². The number of halogens is 1. The molecular weight excluding hydrogens is 277 g/mol. The van der Waals surface area contributed by atoms with Gasteiger partial charge in [0.1, 0.15) is 10.8 Å². The summed E-state index contributed by atoms with van der Waals surface area (Å²) in [6.45, 7) is 2.50. The van der Waals surface area contributed by atoms with E-state index in [2.05, 4.69) is 0 Å². The third kappa shape index (κ3) is 2.75. The van der Waals surface area contributed by atoms with Gasteiger partial charge in [-0.1, -0.05) is 18.3 Å². The highest BCUT2D eigenvalue weighted by Crippen LogP contribution is 2.31. The van der Waals surface area contributed by atoms with Crippen molar-refractivity contribution in [1.29, 1.82) is 0 Å². The van der Waals surface area contributed by atoms with E-state index in [0.717, 1.165) is 12.8 Å². The first-order chi connectivity index (χ1) is 9.41. The smallest absolute Gasteiger partial charge is 0.222 e. The van der Waals surface area contributed by atoms with Gasteiger partial charge in [-0.2, -0.15) is 0 Å². The molecule has 0 saturated carbocycles. The first-order valence-corrected chi connectivity index (χ1v) is 6.97. The highest BCUT2D eigenvalue weighted by Gasteiger charge is 2.30. The van der Waals surface area contributed by atoms with Crippen molar-refractivity contribution in [3.8, 4) is 0 Å². The monoisotopic (exact) mass is 295 g/mol. The van der Waals surface area contributed by atoms with Crippen LogP contribution in [0.1, 0.15) is 25.3 Å². The molecule has 1 amide bonds. The van der Waals surface area contributed by atoms with Crippen LogP contribution in [0, 0.1) is 11.7 Å². The standard InChI is InChI=1S/C14H18FN3OS/c1-8-5-6-9(13(16)19)7-18(8)11-4-2-3-10(15)12(11)14(17)20/h2-4,8-9H,5-7H2,1H3,(H2,16,19)(H2,17,20). The Bertz CT molecular complexity index is 549. The van der Waals surface area contributed by atoms with E-state index in [1.165, 1.54) is 6.07 Å². The lowest BCUT2D eigenvalue weighted by Gasteiger charge is -2.39. The molecule has 1 saturated heterocycles. The number of carbonyl (C=O) groups is 1. The van der Waals surface area contributed by atoms with Crippen LogP contribution in [0.3, 0.4) is 0 Å². The summed E-state index contributed by atoms with van der Waals surface area (Å²) >= 11 is 4.95. The van der Waals surface area contributed by atoms with Gasteiger partial charge in [-0.05, 0) is 31.9 Å². The summed E-state index contributed by atoms with van der Waals surface area (Å²) in [5.74, 6) is -0.993. The normalized spacial score (nSPS) is 22.6. The van der Waals surface area contributed by atoms with Crippen molar-refractivity contribution in [1.82, 2.24) is 0 Å². The van der Waals surface area contributed by atoms with E-state index in [4.69, 9.17) is 23.7 Å². The number of hydrogen-bond acceptors (Lipinski definition) is 3. The fraction of sp³-hybridized carbons (Fsp3) is 0.429. The van der Waals surface area contributed by atoms with Crippen molar-refractivity contribution >= 4 is 28.8 Å². The van der Waals surface area contributed by atoms with Gasteiger partial charge in [0, 0.05) is 12.6 Å². The van der Waals surface area contributed by atoms with Crippen molar-refractivity contribution in [3.63, 3.8) is 0 Å². The Morgan fingerprint density at radius 2 is 2.10 bits per heavy atom. The van der Waals surface area contributed by atoms with Crippen LogP contribution in [-0.2, 0) is 4.79 Å². The molecule has 108 valence electrons. The minimum absolute atomic E-state index is 0.0199. The maximum absolute atomic E-state index is 14.0. The van der Waals surface area contributed by atoms with E-state index in [1.54, 1.807) is 12.1 Å². The van der Waals surface area contributed by atoms with E-state index in [-0.39, 0.29) is 28.4 Å². The van der Waals surface area contributed by atoms with Crippen LogP contribution >= 0.6 is 12.2 Å². The van der Waals surface area contributed by atoms with Crippen molar-refractivity contribution in [2.45, 2.75) is 25.8 Å². The van der Waals surface area contributed by atoms with E-state index >= 15 is 0 Å². The predicted octanol–water partition coefficient (Wildman–Crippen LogP) is 1.55. The number of hydrogen-bond donors (Lipinski definition) is 2. The van der Waals surface area contributed by atoms with Gasteiger partial charge in [0.05, 0.1) is 17.2 Å². The summed E-state index contributed by atoms with van der Waals surface area (Å²) in [5, 5.41) is 0. The van der Waals surface area contributed by atoms with Gasteiger partial charge in [-0.3, -0.25) is 4.79 Å². The van der Waals surface area contributed by atoms with Crippen molar-refractivity contribution in [3.05, 3.63) is 29.6 Å². The topological polar surface area (TPSA) is 72.4 Å². The molecule has 0 radical (unpaired) electrons. The summed E-state index contributed by atoms with van der Waals surface area (Å²) in [6, 6.07) is 4.91. The zero-order valence-electron chi connectivity index (χ0n) is 11.3. The van der Waals surface area contributed by atoms with Crippen LogP contribution in [-0.4, -0.2) is 23.5 Å².